The largest absolute Gasteiger partial charge is 0.350 e. The highest BCUT2D eigenvalue weighted by Crippen LogP contribution is 2.69. The summed E-state index contributed by atoms with van der Waals surface area (Å²) in [6.45, 7) is 0. The smallest absolute Gasteiger partial charge is 0.336 e. The van der Waals surface area contributed by atoms with Crippen LogP contribution in [0.15, 0.2) is 106 Å². The average molecular weight is 392 g/mol. The zero-order chi connectivity index (χ0) is 18.6. The summed E-state index contributed by atoms with van der Waals surface area (Å²) in [6, 6.07) is 26.3. The van der Waals surface area contributed by atoms with Crippen LogP contribution < -0.4 is 0 Å². The SMILES string of the molecule is O=S(=O)(OS(c1ccccc1)(c1ccccc1)c1ccccc1)C(O)F. The number of hydrogen-bond donors (Lipinski definition) is 1. The monoisotopic (exact) mass is 392 g/mol. The lowest BCUT2D eigenvalue weighted by molar-refractivity contribution is 0.110. The fourth-order valence-corrected chi connectivity index (χ4v) is 7.32. The Kier molecular flexibility index (Phi) is 5.43. The first-order valence-corrected chi connectivity index (χ1v) is 10.8. The summed E-state index contributed by atoms with van der Waals surface area (Å²) in [6.07, 6.45) is 0. The first-order valence-electron chi connectivity index (χ1n) is 7.72. The molecular weight excluding hydrogens is 375 g/mol. The summed E-state index contributed by atoms with van der Waals surface area (Å²) in [5.74, 6) is 0. The molecule has 0 aliphatic rings. The van der Waals surface area contributed by atoms with Gasteiger partial charge in [-0.3, -0.25) is 0 Å². The molecule has 3 aromatic rings. The van der Waals surface area contributed by atoms with Crippen LogP contribution in [-0.4, -0.2) is 19.2 Å². The Morgan fingerprint density at radius 1 is 0.692 bits per heavy atom. The Bertz CT molecular complexity index is 850. The third-order valence-electron chi connectivity index (χ3n) is 3.66. The Hall–Kier alpha value is -2.19. The first-order chi connectivity index (χ1) is 12.5. The molecule has 136 valence electrons. The van der Waals surface area contributed by atoms with Crippen LogP contribution in [0.2, 0.25) is 0 Å². The van der Waals surface area contributed by atoms with E-state index in [1.54, 1.807) is 91.0 Å². The molecule has 1 unspecified atom stereocenters. The van der Waals surface area contributed by atoms with Crippen molar-refractivity contribution in [2.24, 2.45) is 0 Å². The number of benzene rings is 3. The number of aliphatic hydroxyl groups excluding tert-OH is 1. The van der Waals surface area contributed by atoms with Gasteiger partial charge >= 0.3 is 15.8 Å². The van der Waals surface area contributed by atoms with Gasteiger partial charge in [-0.05, 0) is 46.7 Å². The van der Waals surface area contributed by atoms with E-state index in [-0.39, 0.29) is 0 Å². The number of alkyl halides is 1. The average Bonchev–Trinajstić information content (AvgIpc) is 2.68. The number of hydrogen-bond acceptors (Lipinski definition) is 4. The normalized spacial score (nSPS) is 13.9. The molecular formula is C19H17FO4S2. The third-order valence-corrected chi connectivity index (χ3v) is 8.52. The van der Waals surface area contributed by atoms with E-state index in [9.17, 15) is 12.8 Å². The van der Waals surface area contributed by atoms with E-state index in [1.165, 1.54) is 0 Å². The highest BCUT2D eigenvalue weighted by Gasteiger charge is 2.40. The molecule has 4 nitrogen and oxygen atoms in total. The molecule has 0 fully saturated rings. The Balaban J connectivity index is 2.36. The highest BCUT2D eigenvalue weighted by atomic mass is 32.3. The van der Waals surface area contributed by atoms with Crippen LogP contribution in [0.5, 0.6) is 0 Å². The molecule has 0 amide bonds. The lowest BCUT2D eigenvalue weighted by Crippen LogP contribution is -2.22. The molecule has 3 aromatic carbocycles. The quantitative estimate of drug-likeness (QED) is 0.672. The van der Waals surface area contributed by atoms with Crippen molar-refractivity contribution in [3.63, 3.8) is 0 Å². The fraction of sp³-hybridized carbons (Fsp3) is 0.0526. The predicted octanol–water partition coefficient (Wildman–Crippen LogP) is 4.48. The summed E-state index contributed by atoms with van der Waals surface area (Å²) in [5.41, 5.74) is -3.13. The maximum Gasteiger partial charge on any atom is 0.336 e. The van der Waals surface area contributed by atoms with Crippen LogP contribution in [0.25, 0.3) is 0 Å². The van der Waals surface area contributed by atoms with Gasteiger partial charge in [-0.2, -0.15) is 12.8 Å². The van der Waals surface area contributed by atoms with Crippen molar-refractivity contribution in [1.29, 1.82) is 0 Å². The topological polar surface area (TPSA) is 63.6 Å². The first kappa shape index (κ1) is 18.6. The van der Waals surface area contributed by atoms with Gasteiger partial charge in [0.05, 0.1) is 0 Å². The van der Waals surface area contributed by atoms with Crippen molar-refractivity contribution in [1.82, 2.24) is 0 Å². The molecule has 0 spiro atoms. The van der Waals surface area contributed by atoms with Gasteiger partial charge in [-0.1, -0.05) is 54.6 Å². The van der Waals surface area contributed by atoms with Gasteiger partial charge in [0.1, 0.15) is 0 Å². The minimum absolute atomic E-state index is 0.571. The third kappa shape index (κ3) is 3.52. The molecule has 1 atom stereocenters. The zero-order valence-electron chi connectivity index (χ0n) is 13.6. The summed E-state index contributed by atoms with van der Waals surface area (Å²) >= 11 is 0. The molecule has 7 heteroatoms. The predicted molar refractivity (Wildman–Crippen MR) is 98.8 cm³/mol. The standard InChI is InChI=1S/C19H17FO4S2/c20-19(21)26(22,23)24-25(16-10-4-1-5-11-16,17-12-6-2-7-13-17)18-14-8-3-9-15-18/h1-15,19,21H. The second-order valence-corrected chi connectivity index (χ2v) is 9.79. The van der Waals surface area contributed by atoms with E-state index in [1.807, 2.05) is 0 Å². The Morgan fingerprint density at radius 2 is 1.00 bits per heavy atom. The summed E-state index contributed by atoms with van der Waals surface area (Å²) in [4.78, 5) is 1.71. The highest BCUT2D eigenvalue weighted by molar-refractivity contribution is 8.33. The van der Waals surface area contributed by atoms with Crippen LogP contribution in [-0.2, 0) is 13.7 Å². The van der Waals surface area contributed by atoms with Gasteiger partial charge in [0.15, 0.2) is 0 Å². The molecule has 0 bridgehead atoms. The van der Waals surface area contributed by atoms with Crippen LogP contribution in [0, 0.1) is 0 Å². The zero-order valence-corrected chi connectivity index (χ0v) is 15.2. The lowest BCUT2D eigenvalue weighted by Gasteiger charge is -2.39. The molecule has 0 saturated heterocycles. The fourth-order valence-electron chi connectivity index (χ4n) is 2.54. The van der Waals surface area contributed by atoms with Crippen LogP contribution in [0.4, 0.5) is 4.39 Å². The molecule has 26 heavy (non-hydrogen) atoms. The van der Waals surface area contributed by atoms with E-state index < -0.39 is 26.1 Å². The lowest BCUT2D eigenvalue weighted by atomic mass is 10.4. The molecule has 0 aromatic heterocycles. The van der Waals surface area contributed by atoms with Gasteiger partial charge < -0.3 is 5.11 Å². The molecule has 0 aliphatic heterocycles. The van der Waals surface area contributed by atoms with E-state index in [2.05, 4.69) is 0 Å². The van der Waals surface area contributed by atoms with E-state index >= 15 is 0 Å². The maximum atomic E-state index is 13.4. The van der Waals surface area contributed by atoms with Gasteiger partial charge in [-0.25, -0.2) is 3.63 Å². The number of aliphatic hydroxyl groups is 1. The van der Waals surface area contributed by atoms with Crippen LogP contribution in [0.3, 0.4) is 0 Å². The minimum Gasteiger partial charge on any atom is -0.350 e. The van der Waals surface area contributed by atoms with E-state index in [0.717, 1.165) is 0 Å². The van der Waals surface area contributed by atoms with Gasteiger partial charge in [0, 0.05) is 14.7 Å². The van der Waals surface area contributed by atoms with E-state index in [0.29, 0.717) is 14.7 Å². The molecule has 0 aliphatic carbocycles. The van der Waals surface area contributed by atoms with Crippen LogP contribution >= 0.6 is 10.3 Å². The Labute approximate surface area is 153 Å². The van der Waals surface area contributed by atoms with Crippen molar-refractivity contribution in [2.45, 2.75) is 20.4 Å². The molecule has 0 saturated carbocycles. The van der Waals surface area contributed by atoms with Gasteiger partial charge in [0.2, 0.25) is 0 Å². The summed E-state index contributed by atoms with van der Waals surface area (Å²) in [7, 11) is -7.70. The Morgan fingerprint density at radius 3 is 1.27 bits per heavy atom. The van der Waals surface area contributed by atoms with Gasteiger partial charge in [0.25, 0.3) is 0 Å². The second-order valence-electron chi connectivity index (χ2n) is 5.35. The van der Waals surface area contributed by atoms with Crippen molar-refractivity contribution in [3.8, 4) is 0 Å². The van der Waals surface area contributed by atoms with Crippen LogP contribution in [0.1, 0.15) is 0 Å². The summed E-state index contributed by atoms with van der Waals surface area (Å²) in [5, 5.41) is 9.12. The molecule has 0 radical (unpaired) electrons. The van der Waals surface area contributed by atoms with E-state index in [4.69, 9.17) is 8.74 Å². The molecule has 1 N–H and O–H groups in total. The molecule has 3 rings (SSSR count). The van der Waals surface area contributed by atoms with Crippen molar-refractivity contribution < 1.29 is 21.5 Å². The van der Waals surface area contributed by atoms with Crippen molar-refractivity contribution in [3.05, 3.63) is 91.0 Å². The van der Waals surface area contributed by atoms with Gasteiger partial charge in [-0.15, -0.1) is 0 Å². The molecule has 0 heterocycles. The van der Waals surface area contributed by atoms with Crippen molar-refractivity contribution in [2.75, 3.05) is 0 Å². The summed E-state index contributed by atoms with van der Waals surface area (Å²) < 4.78 is 43.4. The number of rotatable bonds is 6. The maximum absolute atomic E-state index is 13.4. The number of halogens is 1. The second kappa shape index (κ2) is 7.59. The van der Waals surface area contributed by atoms with Crippen molar-refractivity contribution >= 4 is 20.4 Å². The minimum atomic E-state index is -4.87.